The molecule has 0 amide bonds. The van der Waals surface area contributed by atoms with Crippen LogP contribution in [0.5, 0.6) is 0 Å². The van der Waals surface area contributed by atoms with Gasteiger partial charge >= 0.3 is 15.6 Å². The normalized spacial score (nSPS) is 21.1. The molecule has 1 saturated heterocycles. The van der Waals surface area contributed by atoms with Crippen LogP contribution in [-0.2, 0) is 18.2 Å². The summed E-state index contributed by atoms with van der Waals surface area (Å²) in [6, 6.07) is 0. The molecule has 86 valence electrons. The number of epoxide rings is 1. The van der Waals surface area contributed by atoms with Gasteiger partial charge in [0.2, 0.25) is 0 Å². The van der Waals surface area contributed by atoms with Gasteiger partial charge in [0, 0.05) is 0 Å². The van der Waals surface area contributed by atoms with Gasteiger partial charge in [-0.25, -0.2) is 9.13 Å². The van der Waals surface area contributed by atoms with E-state index in [0.29, 0.717) is 12.0 Å². The van der Waals surface area contributed by atoms with E-state index in [1.54, 1.807) is 0 Å². The van der Waals surface area contributed by atoms with Crippen LogP contribution >= 0.6 is 27.2 Å². The number of halogens is 1. The Morgan fingerprint density at radius 2 is 1.64 bits per heavy atom. The van der Waals surface area contributed by atoms with Crippen LogP contribution in [-0.4, -0.2) is 38.2 Å². The lowest BCUT2D eigenvalue weighted by atomic mass is 10.6. The molecular formula is C3H9ClO8P2. The van der Waals surface area contributed by atoms with Crippen LogP contribution < -0.4 is 0 Å². The van der Waals surface area contributed by atoms with Crippen LogP contribution in [0.1, 0.15) is 0 Å². The fourth-order valence-corrected chi connectivity index (χ4v) is 1.58. The lowest BCUT2D eigenvalue weighted by Gasteiger charge is -2.03. The Balaban J connectivity index is 0.000000280. The van der Waals surface area contributed by atoms with E-state index >= 15 is 0 Å². The predicted molar refractivity (Wildman–Crippen MR) is 45.6 cm³/mol. The van der Waals surface area contributed by atoms with Crippen molar-refractivity contribution in [2.24, 2.45) is 0 Å². The van der Waals surface area contributed by atoms with Crippen LogP contribution in [0.2, 0.25) is 0 Å². The molecule has 1 heterocycles. The van der Waals surface area contributed by atoms with E-state index in [2.05, 4.69) is 4.31 Å². The lowest BCUT2D eigenvalue weighted by molar-refractivity contribution is 0.225. The molecule has 1 fully saturated rings. The smallest absolute Gasteiger partial charge is 0.372 e. The molecule has 0 aliphatic carbocycles. The fourth-order valence-electron chi connectivity index (χ4n) is 0.296. The first-order chi connectivity index (χ1) is 6.14. The third-order valence-corrected chi connectivity index (χ3v) is 2.83. The number of hydrogen-bond donors (Lipinski definition) is 4. The fraction of sp³-hybridized carbons (Fsp3) is 1.00. The van der Waals surface area contributed by atoms with Crippen molar-refractivity contribution in [2.75, 3.05) is 12.5 Å². The summed E-state index contributed by atoms with van der Waals surface area (Å²) in [5.41, 5.74) is 0. The van der Waals surface area contributed by atoms with E-state index in [1.807, 2.05) is 0 Å². The molecule has 0 bridgehead atoms. The molecule has 0 aromatic carbocycles. The van der Waals surface area contributed by atoms with Gasteiger partial charge in [-0.2, -0.15) is 4.31 Å². The lowest BCUT2D eigenvalue weighted by Crippen LogP contribution is -1.84. The number of rotatable bonds is 3. The van der Waals surface area contributed by atoms with Gasteiger partial charge in [0.15, 0.2) is 0 Å². The predicted octanol–water partition coefficient (Wildman–Crippen LogP) is -0.188. The second-order valence-corrected chi connectivity index (χ2v) is 5.10. The van der Waals surface area contributed by atoms with Gasteiger partial charge in [-0.05, 0) is 0 Å². The Hall–Kier alpha value is 0.510. The molecule has 14 heavy (non-hydrogen) atoms. The van der Waals surface area contributed by atoms with Crippen LogP contribution in [0, 0.1) is 0 Å². The van der Waals surface area contributed by atoms with Crippen LogP contribution in [0.4, 0.5) is 0 Å². The number of ether oxygens (including phenoxy) is 1. The van der Waals surface area contributed by atoms with Gasteiger partial charge in [0.1, 0.15) is 0 Å². The summed E-state index contributed by atoms with van der Waals surface area (Å²) in [5, 5.41) is 0. The highest BCUT2D eigenvalue weighted by Gasteiger charge is 2.27. The summed E-state index contributed by atoms with van der Waals surface area (Å²) in [5.74, 6) is 0.667. The van der Waals surface area contributed by atoms with Gasteiger partial charge in [0.05, 0.1) is 18.6 Å². The van der Waals surface area contributed by atoms with Crippen LogP contribution in [0.25, 0.3) is 0 Å². The Morgan fingerprint density at radius 3 is 1.64 bits per heavy atom. The van der Waals surface area contributed by atoms with Crippen LogP contribution in [0.3, 0.4) is 0 Å². The quantitative estimate of drug-likeness (QED) is 0.315. The summed E-state index contributed by atoms with van der Waals surface area (Å²) in [4.78, 5) is 31.0. The first-order valence-corrected chi connectivity index (χ1v) is 6.73. The van der Waals surface area contributed by atoms with Gasteiger partial charge in [-0.15, -0.1) is 11.6 Å². The van der Waals surface area contributed by atoms with Gasteiger partial charge in [0.25, 0.3) is 0 Å². The zero-order chi connectivity index (χ0) is 11.4. The highest BCUT2D eigenvalue weighted by molar-refractivity contribution is 7.60. The first kappa shape index (κ1) is 14.5. The molecule has 0 spiro atoms. The number of hydrogen-bond acceptors (Lipinski definition) is 4. The average molecular weight is 270 g/mol. The maximum atomic E-state index is 9.63. The van der Waals surface area contributed by atoms with Crippen LogP contribution in [0.15, 0.2) is 0 Å². The van der Waals surface area contributed by atoms with Crippen molar-refractivity contribution in [3.63, 3.8) is 0 Å². The zero-order valence-electron chi connectivity index (χ0n) is 6.69. The van der Waals surface area contributed by atoms with Crippen molar-refractivity contribution in [2.45, 2.75) is 6.10 Å². The van der Waals surface area contributed by atoms with E-state index in [1.165, 1.54) is 0 Å². The minimum atomic E-state index is -5.05. The zero-order valence-corrected chi connectivity index (χ0v) is 9.23. The molecule has 8 nitrogen and oxygen atoms in total. The highest BCUT2D eigenvalue weighted by Crippen LogP contribution is 2.53. The molecule has 1 aliphatic rings. The van der Waals surface area contributed by atoms with Crippen molar-refractivity contribution >= 4 is 27.2 Å². The minimum absolute atomic E-state index is 0.400. The molecule has 0 aromatic rings. The van der Waals surface area contributed by atoms with E-state index in [-0.39, 0.29) is 0 Å². The first-order valence-electron chi connectivity index (χ1n) is 3.14. The SMILES string of the molecule is ClCC1CO1.O=P(O)(O)OP(=O)(O)O. The standard InChI is InChI=1S/C3H5ClO.H4O7P2/c4-1-3-2-5-3;1-8(2,3)7-9(4,5)6/h3H,1-2H2;(H2,1,2,3)(H2,4,5,6). The molecular weight excluding hydrogens is 261 g/mol. The van der Waals surface area contributed by atoms with E-state index in [4.69, 9.17) is 35.9 Å². The number of phosphoric acid groups is 2. The third kappa shape index (κ3) is 12.5. The molecule has 1 rings (SSSR count). The van der Waals surface area contributed by atoms with Crippen molar-refractivity contribution in [3.8, 4) is 0 Å². The third-order valence-electron chi connectivity index (χ3n) is 0.787. The molecule has 4 N–H and O–H groups in total. The molecule has 1 atom stereocenters. The van der Waals surface area contributed by atoms with Crippen molar-refractivity contribution < 1.29 is 37.8 Å². The minimum Gasteiger partial charge on any atom is -0.372 e. The van der Waals surface area contributed by atoms with Crippen molar-refractivity contribution in [1.82, 2.24) is 0 Å². The highest BCUT2D eigenvalue weighted by atomic mass is 35.5. The Bertz CT molecular complexity index is 231. The Morgan fingerprint density at radius 1 is 1.29 bits per heavy atom. The maximum absolute atomic E-state index is 9.63. The summed E-state index contributed by atoms with van der Waals surface area (Å²) in [6.07, 6.45) is 0.400. The summed E-state index contributed by atoms with van der Waals surface area (Å²) >= 11 is 5.27. The largest absolute Gasteiger partial charge is 0.478 e. The molecule has 11 heteroatoms. The van der Waals surface area contributed by atoms with E-state index in [0.717, 1.165) is 6.61 Å². The van der Waals surface area contributed by atoms with Gasteiger partial charge in [-0.3, -0.25) is 0 Å². The Kier molecular flexibility index (Phi) is 5.76. The maximum Gasteiger partial charge on any atom is 0.478 e. The molecule has 1 aliphatic heterocycles. The Labute approximate surface area is 84.3 Å². The van der Waals surface area contributed by atoms with Gasteiger partial charge < -0.3 is 24.3 Å². The van der Waals surface area contributed by atoms with Crippen molar-refractivity contribution in [1.29, 1.82) is 0 Å². The topological polar surface area (TPSA) is 137 Å². The molecule has 0 aromatic heterocycles. The number of alkyl halides is 1. The summed E-state index contributed by atoms with van der Waals surface area (Å²) in [7, 11) is -10.1. The summed E-state index contributed by atoms with van der Waals surface area (Å²) in [6.45, 7) is 0.878. The average Bonchev–Trinajstić information content (AvgIpc) is 2.59. The van der Waals surface area contributed by atoms with E-state index < -0.39 is 15.6 Å². The van der Waals surface area contributed by atoms with Gasteiger partial charge in [-0.1, -0.05) is 0 Å². The second kappa shape index (κ2) is 5.55. The monoisotopic (exact) mass is 270 g/mol. The molecule has 0 saturated carbocycles. The molecule has 1 unspecified atom stereocenters. The van der Waals surface area contributed by atoms with Crippen molar-refractivity contribution in [3.05, 3.63) is 0 Å². The molecule has 0 radical (unpaired) electrons. The second-order valence-electron chi connectivity index (χ2n) is 2.17. The summed E-state index contributed by atoms with van der Waals surface area (Å²) < 4.78 is 26.9. The van der Waals surface area contributed by atoms with E-state index in [9.17, 15) is 9.13 Å².